The molecule has 0 unspecified atom stereocenters. The van der Waals surface area contributed by atoms with Gasteiger partial charge >= 0.3 is 6.03 Å². The number of carbonyl (C=O) groups excluding carboxylic acids is 1. The van der Waals surface area contributed by atoms with Crippen molar-refractivity contribution in [2.75, 3.05) is 18.5 Å². The fraction of sp³-hybridized carbons (Fsp3) is 0.409. The number of carbonyl (C=O) groups is 1. The van der Waals surface area contributed by atoms with Gasteiger partial charge in [-0.25, -0.2) is 17.9 Å². The van der Waals surface area contributed by atoms with Gasteiger partial charge in [0.05, 0.1) is 4.90 Å². The molecule has 0 spiro atoms. The number of hydrogen-bond acceptors (Lipinski definition) is 3. The molecular formula is C22H28BrN3O3S. The van der Waals surface area contributed by atoms with Crippen LogP contribution >= 0.6 is 15.9 Å². The molecule has 1 aliphatic rings. The minimum atomic E-state index is -3.46. The van der Waals surface area contributed by atoms with Gasteiger partial charge in [-0.15, -0.1) is 0 Å². The molecule has 162 valence electrons. The Bertz CT molecular complexity index is 978. The first kappa shape index (κ1) is 22.8. The van der Waals surface area contributed by atoms with Gasteiger partial charge in [0.15, 0.2) is 0 Å². The first-order chi connectivity index (χ1) is 14.4. The van der Waals surface area contributed by atoms with Crippen LogP contribution in [0.3, 0.4) is 0 Å². The highest BCUT2D eigenvalue weighted by atomic mass is 79.9. The molecule has 6 nitrogen and oxygen atoms in total. The van der Waals surface area contributed by atoms with E-state index in [0.29, 0.717) is 13.1 Å². The smallest absolute Gasteiger partial charge is 0.322 e. The maximum absolute atomic E-state index is 13.1. The van der Waals surface area contributed by atoms with Gasteiger partial charge in [0, 0.05) is 23.2 Å². The zero-order valence-electron chi connectivity index (χ0n) is 17.2. The van der Waals surface area contributed by atoms with Crippen LogP contribution < -0.4 is 14.9 Å². The first-order valence-corrected chi connectivity index (χ1v) is 12.5. The Balaban J connectivity index is 1.73. The number of nitrogens with zero attached hydrogens (tertiary/aromatic N) is 1. The van der Waals surface area contributed by atoms with Gasteiger partial charge in [0.1, 0.15) is 0 Å². The molecule has 2 aromatic rings. The summed E-state index contributed by atoms with van der Waals surface area (Å²) in [4.78, 5) is 15.1. The minimum Gasteiger partial charge on any atom is -0.334 e. The fourth-order valence-electron chi connectivity index (χ4n) is 3.64. The van der Waals surface area contributed by atoms with E-state index in [4.69, 9.17) is 0 Å². The van der Waals surface area contributed by atoms with Crippen LogP contribution in [-0.2, 0) is 23.0 Å². The van der Waals surface area contributed by atoms with Gasteiger partial charge in [-0.3, -0.25) is 4.90 Å². The summed E-state index contributed by atoms with van der Waals surface area (Å²) in [6.07, 6.45) is 6.59. The number of amides is 2. The largest absolute Gasteiger partial charge is 0.334 e. The lowest BCUT2D eigenvalue weighted by Gasteiger charge is -2.27. The van der Waals surface area contributed by atoms with Crippen LogP contribution in [0.15, 0.2) is 51.8 Å². The maximum Gasteiger partial charge on any atom is 0.322 e. The molecule has 0 saturated carbocycles. The lowest BCUT2D eigenvalue weighted by Crippen LogP contribution is -2.41. The average Bonchev–Trinajstić information content (AvgIpc) is 2.75. The van der Waals surface area contributed by atoms with Crippen LogP contribution in [0.1, 0.15) is 43.2 Å². The molecule has 0 bridgehead atoms. The van der Waals surface area contributed by atoms with Gasteiger partial charge in [0.2, 0.25) is 10.0 Å². The van der Waals surface area contributed by atoms with Crippen LogP contribution in [0.2, 0.25) is 0 Å². The topological polar surface area (TPSA) is 78.5 Å². The predicted octanol–water partition coefficient (Wildman–Crippen LogP) is 4.58. The van der Waals surface area contributed by atoms with E-state index in [1.807, 2.05) is 17.0 Å². The SMILES string of the molecule is CNS(=O)(=O)c1ccc(CNC(=O)N2CCCCCCCc3cc(Br)ccc32)cc1. The van der Waals surface area contributed by atoms with Crippen molar-refractivity contribution in [1.82, 2.24) is 10.0 Å². The Hall–Kier alpha value is -1.90. The zero-order valence-corrected chi connectivity index (χ0v) is 19.6. The lowest BCUT2D eigenvalue weighted by molar-refractivity contribution is 0.245. The van der Waals surface area contributed by atoms with E-state index in [1.54, 1.807) is 24.3 Å². The third kappa shape index (κ3) is 5.83. The van der Waals surface area contributed by atoms with E-state index in [0.717, 1.165) is 41.4 Å². The van der Waals surface area contributed by atoms with Crippen LogP contribution in [0.25, 0.3) is 0 Å². The lowest BCUT2D eigenvalue weighted by atomic mass is 10.0. The van der Waals surface area contributed by atoms with Crippen molar-refractivity contribution in [2.24, 2.45) is 0 Å². The van der Waals surface area contributed by atoms with Crippen LogP contribution in [0.5, 0.6) is 0 Å². The summed E-state index contributed by atoms with van der Waals surface area (Å²) in [5.74, 6) is 0. The number of urea groups is 1. The summed E-state index contributed by atoms with van der Waals surface area (Å²) >= 11 is 3.55. The molecule has 30 heavy (non-hydrogen) atoms. The summed E-state index contributed by atoms with van der Waals surface area (Å²) < 4.78 is 27.0. The van der Waals surface area contributed by atoms with Crippen molar-refractivity contribution >= 4 is 37.7 Å². The normalized spacial score (nSPS) is 15.3. The van der Waals surface area contributed by atoms with E-state index >= 15 is 0 Å². The number of aryl methyl sites for hydroxylation is 1. The molecule has 2 aromatic carbocycles. The zero-order chi connectivity index (χ0) is 21.6. The molecule has 0 atom stereocenters. The summed E-state index contributed by atoms with van der Waals surface area (Å²) in [6.45, 7) is 1.01. The summed E-state index contributed by atoms with van der Waals surface area (Å²) in [7, 11) is -2.08. The second-order valence-electron chi connectivity index (χ2n) is 7.45. The minimum absolute atomic E-state index is 0.133. The number of nitrogens with one attached hydrogen (secondary N) is 2. The van der Waals surface area contributed by atoms with E-state index in [-0.39, 0.29) is 10.9 Å². The highest BCUT2D eigenvalue weighted by Gasteiger charge is 2.19. The number of halogens is 1. The molecule has 3 rings (SSSR count). The van der Waals surface area contributed by atoms with Gasteiger partial charge in [-0.2, -0.15) is 0 Å². The van der Waals surface area contributed by atoms with Crippen molar-refractivity contribution in [1.29, 1.82) is 0 Å². The molecule has 0 aromatic heterocycles. The number of rotatable bonds is 4. The van der Waals surface area contributed by atoms with Crippen molar-refractivity contribution in [3.63, 3.8) is 0 Å². The molecule has 2 amide bonds. The third-order valence-electron chi connectivity index (χ3n) is 5.35. The quantitative estimate of drug-likeness (QED) is 0.653. The van der Waals surface area contributed by atoms with Crippen LogP contribution in [-0.4, -0.2) is 28.0 Å². The summed E-state index contributed by atoms with van der Waals surface area (Å²) in [5, 5.41) is 2.99. The summed E-state index contributed by atoms with van der Waals surface area (Å²) in [5.41, 5.74) is 2.99. The molecule has 0 aliphatic carbocycles. The van der Waals surface area contributed by atoms with Gasteiger partial charge in [-0.05, 0) is 67.8 Å². The second-order valence-corrected chi connectivity index (χ2v) is 10.3. The Morgan fingerprint density at radius 3 is 2.47 bits per heavy atom. The average molecular weight is 494 g/mol. The standard InChI is InChI=1S/C22H28BrN3O3S/c1-24-30(28,29)20-11-8-17(9-12-20)16-25-22(27)26-14-6-4-2-3-5-7-18-15-19(23)10-13-21(18)26/h8-13,15,24H,2-7,14,16H2,1H3,(H,25,27). The Morgan fingerprint density at radius 1 is 1.03 bits per heavy atom. The monoisotopic (exact) mass is 493 g/mol. The van der Waals surface area contributed by atoms with Gasteiger partial charge in [-0.1, -0.05) is 47.3 Å². The molecule has 1 aliphatic heterocycles. The van der Waals surface area contributed by atoms with Crippen molar-refractivity contribution in [2.45, 2.75) is 50.0 Å². The van der Waals surface area contributed by atoms with Crippen molar-refractivity contribution in [3.05, 3.63) is 58.1 Å². The molecule has 8 heteroatoms. The Labute approximate surface area is 187 Å². The van der Waals surface area contributed by atoms with Crippen LogP contribution in [0.4, 0.5) is 10.5 Å². The van der Waals surface area contributed by atoms with E-state index in [9.17, 15) is 13.2 Å². The Kier molecular flexibility index (Phi) is 7.91. The fourth-order valence-corrected chi connectivity index (χ4v) is 4.78. The maximum atomic E-state index is 13.1. The number of fused-ring (bicyclic) bond motifs is 1. The third-order valence-corrected chi connectivity index (χ3v) is 7.27. The first-order valence-electron chi connectivity index (χ1n) is 10.3. The molecule has 0 saturated heterocycles. The van der Waals surface area contributed by atoms with E-state index < -0.39 is 10.0 Å². The van der Waals surface area contributed by atoms with E-state index in [2.05, 4.69) is 32.0 Å². The van der Waals surface area contributed by atoms with Gasteiger partial charge < -0.3 is 5.32 Å². The number of anilines is 1. The highest BCUT2D eigenvalue weighted by molar-refractivity contribution is 9.10. The Morgan fingerprint density at radius 2 is 1.73 bits per heavy atom. The molecule has 1 heterocycles. The van der Waals surface area contributed by atoms with Crippen molar-refractivity contribution in [3.8, 4) is 0 Å². The van der Waals surface area contributed by atoms with Crippen LogP contribution in [0, 0.1) is 0 Å². The van der Waals surface area contributed by atoms with E-state index in [1.165, 1.54) is 25.5 Å². The van der Waals surface area contributed by atoms with Gasteiger partial charge in [0.25, 0.3) is 0 Å². The second kappa shape index (κ2) is 10.4. The summed E-state index contributed by atoms with van der Waals surface area (Å²) in [6, 6.07) is 12.5. The number of benzene rings is 2. The molecule has 0 radical (unpaired) electrons. The molecule has 2 N–H and O–H groups in total. The molecule has 0 fully saturated rings. The molecular weight excluding hydrogens is 466 g/mol. The highest BCUT2D eigenvalue weighted by Crippen LogP contribution is 2.28. The van der Waals surface area contributed by atoms with Crippen molar-refractivity contribution < 1.29 is 13.2 Å². The predicted molar refractivity (Wildman–Crippen MR) is 123 cm³/mol. The number of hydrogen-bond donors (Lipinski definition) is 2. The number of sulfonamides is 1.